The van der Waals surface area contributed by atoms with Crippen LogP contribution >= 0.6 is 0 Å². The van der Waals surface area contributed by atoms with E-state index >= 15 is 0 Å². The van der Waals surface area contributed by atoms with Gasteiger partial charge in [-0.15, -0.1) is 0 Å². The number of nitrogens with zero attached hydrogens (tertiary/aromatic N) is 7. The highest BCUT2D eigenvalue weighted by molar-refractivity contribution is 5.88. The van der Waals surface area contributed by atoms with Crippen molar-refractivity contribution in [2.75, 3.05) is 23.8 Å². The highest BCUT2D eigenvalue weighted by Crippen LogP contribution is 2.35. The van der Waals surface area contributed by atoms with Gasteiger partial charge in [0.15, 0.2) is 5.65 Å². The molecule has 2 atom stereocenters. The average Bonchev–Trinajstić information content (AvgIpc) is 3.27. The Balaban J connectivity index is 1.71. The van der Waals surface area contributed by atoms with Gasteiger partial charge in [0, 0.05) is 24.0 Å². The predicted molar refractivity (Wildman–Crippen MR) is 110 cm³/mol. The van der Waals surface area contributed by atoms with Crippen LogP contribution in [0.2, 0.25) is 0 Å². The molecule has 0 amide bonds. The molecule has 29 heavy (non-hydrogen) atoms. The SMILES string of the molecule is CCC(CC)n1cnc2c(-c3cnc(N)nc3)nc(N3C4CC[C@@H]3COC4)nc21. The third kappa shape index (κ3) is 3.00. The van der Waals surface area contributed by atoms with Crippen LogP contribution in [0.5, 0.6) is 0 Å². The Hall–Kier alpha value is -2.81. The van der Waals surface area contributed by atoms with Crippen LogP contribution < -0.4 is 10.6 Å². The van der Waals surface area contributed by atoms with E-state index in [4.69, 9.17) is 20.4 Å². The summed E-state index contributed by atoms with van der Waals surface area (Å²) in [5.41, 5.74) is 8.87. The molecule has 3 aromatic heterocycles. The molecule has 1 unspecified atom stereocenters. The first-order valence-electron chi connectivity index (χ1n) is 10.4. The summed E-state index contributed by atoms with van der Waals surface area (Å²) in [7, 11) is 0. The fourth-order valence-corrected chi connectivity index (χ4v) is 4.59. The van der Waals surface area contributed by atoms with E-state index in [0.717, 1.165) is 67.3 Å². The Kier molecular flexibility index (Phi) is 4.54. The summed E-state index contributed by atoms with van der Waals surface area (Å²) in [6.07, 6.45) is 9.55. The predicted octanol–water partition coefficient (Wildman–Crippen LogP) is 2.59. The van der Waals surface area contributed by atoms with Crippen LogP contribution in [-0.2, 0) is 4.74 Å². The van der Waals surface area contributed by atoms with Gasteiger partial charge < -0.3 is 19.9 Å². The smallest absolute Gasteiger partial charge is 0.228 e. The lowest BCUT2D eigenvalue weighted by atomic mass is 10.1. The van der Waals surface area contributed by atoms with E-state index in [2.05, 4.69) is 38.3 Å². The molecular formula is C20H26N8O. The minimum atomic E-state index is 0.244. The maximum absolute atomic E-state index is 5.76. The van der Waals surface area contributed by atoms with Gasteiger partial charge in [-0.25, -0.2) is 19.9 Å². The first-order valence-corrected chi connectivity index (χ1v) is 10.4. The number of morpholine rings is 1. The summed E-state index contributed by atoms with van der Waals surface area (Å²) in [4.78, 5) is 25.3. The molecule has 2 saturated heterocycles. The molecule has 9 heteroatoms. The molecule has 0 aliphatic carbocycles. The van der Waals surface area contributed by atoms with Gasteiger partial charge in [-0.1, -0.05) is 13.8 Å². The Morgan fingerprint density at radius 3 is 2.41 bits per heavy atom. The molecule has 0 spiro atoms. The van der Waals surface area contributed by atoms with Gasteiger partial charge in [0.25, 0.3) is 0 Å². The van der Waals surface area contributed by atoms with Crippen molar-refractivity contribution in [2.45, 2.75) is 57.7 Å². The Morgan fingerprint density at radius 1 is 1.07 bits per heavy atom. The van der Waals surface area contributed by atoms with Crippen LogP contribution in [0.1, 0.15) is 45.6 Å². The third-order valence-electron chi connectivity index (χ3n) is 6.16. The second-order valence-corrected chi connectivity index (χ2v) is 7.83. The number of nitrogen functional groups attached to an aromatic ring is 1. The number of fused-ring (bicyclic) bond motifs is 3. The van der Waals surface area contributed by atoms with Crippen LogP contribution in [0.15, 0.2) is 18.7 Å². The number of aromatic nitrogens is 6. The van der Waals surface area contributed by atoms with Crippen molar-refractivity contribution in [3.05, 3.63) is 18.7 Å². The number of nitrogens with two attached hydrogens (primary N) is 1. The van der Waals surface area contributed by atoms with Gasteiger partial charge in [0.1, 0.15) is 11.2 Å². The lowest BCUT2D eigenvalue weighted by Gasteiger charge is -2.34. The number of hydrogen-bond acceptors (Lipinski definition) is 8. The van der Waals surface area contributed by atoms with Gasteiger partial charge >= 0.3 is 0 Å². The van der Waals surface area contributed by atoms with E-state index in [0.29, 0.717) is 18.1 Å². The zero-order valence-corrected chi connectivity index (χ0v) is 16.8. The molecule has 2 bridgehead atoms. The fourth-order valence-electron chi connectivity index (χ4n) is 4.59. The number of imidazole rings is 1. The molecule has 3 aromatic rings. The molecule has 0 saturated carbocycles. The second kappa shape index (κ2) is 7.22. The van der Waals surface area contributed by atoms with Crippen molar-refractivity contribution in [3.63, 3.8) is 0 Å². The van der Waals surface area contributed by atoms with E-state index in [9.17, 15) is 0 Å². The van der Waals surface area contributed by atoms with E-state index in [1.165, 1.54) is 0 Å². The fraction of sp³-hybridized carbons (Fsp3) is 0.550. The summed E-state index contributed by atoms with van der Waals surface area (Å²) in [6, 6.07) is 0.997. The normalized spacial score (nSPS) is 21.4. The molecule has 0 radical (unpaired) electrons. The van der Waals surface area contributed by atoms with Gasteiger partial charge in [-0.3, -0.25) is 0 Å². The molecule has 5 rings (SSSR count). The number of rotatable bonds is 5. The zero-order valence-electron chi connectivity index (χ0n) is 16.8. The number of anilines is 2. The molecule has 9 nitrogen and oxygen atoms in total. The molecule has 152 valence electrons. The van der Waals surface area contributed by atoms with Gasteiger partial charge in [-0.05, 0) is 25.7 Å². The minimum Gasteiger partial charge on any atom is -0.377 e. The van der Waals surface area contributed by atoms with Crippen molar-refractivity contribution in [2.24, 2.45) is 0 Å². The summed E-state index contributed by atoms with van der Waals surface area (Å²) < 4.78 is 7.94. The van der Waals surface area contributed by atoms with Crippen molar-refractivity contribution >= 4 is 23.1 Å². The van der Waals surface area contributed by atoms with E-state index < -0.39 is 0 Å². The molecule has 2 aliphatic rings. The quantitative estimate of drug-likeness (QED) is 0.703. The van der Waals surface area contributed by atoms with Crippen LogP contribution in [0.25, 0.3) is 22.4 Å². The van der Waals surface area contributed by atoms with Crippen molar-refractivity contribution in [1.29, 1.82) is 0 Å². The van der Waals surface area contributed by atoms with Crippen LogP contribution in [0, 0.1) is 0 Å². The molecule has 0 aromatic carbocycles. The standard InChI is InChI=1S/C20H26N8O/c1-3-13(4-2)27-11-24-17-16(12-7-22-19(21)23-8-12)25-20(26-18(17)27)28-14-5-6-15(28)10-29-9-14/h7-8,11,13-15H,3-6,9-10H2,1-2H3,(H2,21,22,23)/t14-,15?/m1/s1. The topological polar surface area (TPSA) is 108 Å². The summed E-state index contributed by atoms with van der Waals surface area (Å²) in [5.74, 6) is 0.987. The lowest BCUT2D eigenvalue weighted by molar-refractivity contribution is 0.0898. The molecular weight excluding hydrogens is 368 g/mol. The van der Waals surface area contributed by atoms with Crippen LogP contribution in [0.3, 0.4) is 0 Å². The van der Waals surface area contributed by atoms with E-state index in [1.807, 2.05) is 6.33 Å². The largest absolute Gasteiger partial charge is 0.377 e. The summed E-state index contributed by atoms with van der Waals surface area (Å²) >= 11 is 0. The molecule has 2 aliphatic heterocycles. The second-order valence-electron chi connectivity index (χ2n) is 7.83. The summed E-state index contributed by atoms with van der Waals surface area (Å²) in [5, 5.41) is 0. The zero-order chi connectivity index (χ0) is 20.0. The summed E-state index contributed by atoms with van der Waals surface area (Å²) in [6.45, 7) is 5.84. The Bertz CT molecular complexity index is 997. The lowest BCUT2D eigenvalue weighted by Crippen LogP contribution is -2.46. The first kappa shape index (κ1) is 18.2. The molecule has 2 fully saturated rings. The maximum Gasteiger partial charge on any atom is 0.228 e. The van der Waals surface area contributed by atoms with Crippen molar-refractivity contribution in [3.8, 4) is 11.3 Å². The minimum absolute atomic E-state index is 0.244. The number of hydrogen-bond donors (Lipinski definition) is 1. The van der Waals surface area contributed by atoms with Gasteiger partial charge in [-0.2, -0.15) is 4.98 Å². The van der Waals surface area contributed by atoms with E-state index in [-0.39, 0.29) is 5.95 Å². The average molecular weight is 394 g/mol. The van der Waals surface area contributed by atoms with Crippen molar-refractivity contribution in [1.82, 2.24) is 29.5 Å². The number of ether oxygens (including phenoxy) is 1. The van der Waals surface area contributed by atoms with Gasteiger partial charge in [0.05, 0.1) is 31.6 Å². The van der Waals surface area contributed by atoms with Crippen molar-refractivity contribution < 1.29 is 4.74 Å². The molecule has 2 N–H and O–H groups in total. The molecule has 5 heterocycles. The monoisotopic (exact) mass is 394 g/mol. The first-order chi connectivity index (χ1) is 14.2. The van der Waals surface area contributed by atoms with Crippen LogP contribution in [-0.4, -0.2) is 54.8 Å². The Labute approximate surface area is 169 Å². The Morgan fingerprint density at radius 2 is 1.76 bits per heavy atom. The maximum atomic E-state index is 5.76. The van der Waals surface area contributed by atoms with Gasteiger partial charge in [0.2, 0.25) is 11.9 Å². The highest BCUT2D eigenvalue weighted by Gasteiger charge is 2.39. The highest BCUT2D eigenvalue weighted by atomic mass is 16.5. The van der Waals surface area contributed by atoms with E-state index in [1.54, 1.807) is 12.4 Å². The van der Waals surface area contributed by atoms with Crippen LogP contribution in [0.4, 0.5) is 11.9 Å². The third-order valence-corrected chi connectivity index (χ3v) is 6.16.